The van der Waals surface area contributed by atoms with Crippen LogP contribution in [0.25, 0.3) is 0 Å². The first-order valence-electron chi connectivity index (χ1n) is 13.4. The van der Waals surface area contributed by atoms with Gasteiger partial charge >= 0.3 is 0 Å². The molecule has 2 aliphatic carbocycles. The summed E-state index contributed by atoms with van der Waals surface area (Å²) in [5.74, 6) is -1.00. The molecule has 4 aliphatic rings. The van der Waals surface area contributed by atoms with Crippen LogP contribution < -0.4 is 0 Å². The molecule has 2 saturated heterocycles. The van der Waals surface area contributed by atoms with Gasteiger partial charge in [-0.15, -0.1) is 0 Å². The summed E-state index contributed by atoms with van der Waals surface area (Å²) in [5, 5.41) is 10.8. The molecule has 7 nitrogen and oxygen atoms in total. The minimum Gasteiger partial charge on any atom is -0.413 e. The van der Waals surface area contributed by atoms with Crippen LogP contribution in [0.1, 0.15) is 74.7 Å². The molecule has 2 heterocycles. The Morgan fingerprint density at radius 1 is 1.20 bits per heavy atom. The van der Waals surface area contributed by atoms with E-state index in [9.17, 15) is 18.3 Å². The molecule has 2 aliphatic heterocycles. The van der Waals surface area contributed by atoms with Crippen LogP contribution in [0, 0.1) is 34.5 Å². The Kier molecular flexibility index (Phi) is 6.50. The summed E-state index contributed by atoms with van der Waals surface area (Å²) in [7, 11) is -5.85. The zero-order chi connectivity index (χ0) is 26.5. The number of carbonyl (C=O) groups is 1. The Hall–Kier alpha value is -0.483. The van der Waals surface area contributed by atoms with Crippen molar-refractivity contribution in [3.63, 3.8) is 0 Å². The molecule has 4 rings (SSSR count). The van der Waals surface area contributed by atoms with Crippen molar-refractivity contribution in [2.24, 2.45) is 34.5 Å². The van der Waals surface area contributed by atoms with E-state index in [2.05, 4.69) is 47.7 Å². The van der Waals surface area contributed by atoms with E-state index >= 15 is 0 Å². The zero-order valence-electron chi connectivity index (χ0n) is 23.3. The minimum atomic E-state index is -3.71. The number of aliphatic hydroxyl groups excluding tert-OH is 1. The van der Waals surface area contributed by atoms with Gasteiger partial charge in [-0.2, -0.15) is 0 Å². The number of nitrogens with zero attached hydrogens (tertiary/aromatic N) is 1. The highest BCUT2D eigenvalue weighted by Gasteiger charge is 2.72. The molecule has 4 fully saturated rings. The van der Waals surface area contributed by atoms with Gasteiger partial charge in [0.1, 0.15) is 0 Å². The van der Waals surface area contributed by atoms with Crippen LogP contribution in [0.3, 0.4) is 0 Å². The molecule has 1 N–H and O–H groups in total. The fourth-order valence-electron chi connectivity index (χ4n) is 7.46. The van der Waals surface area contributed by atoms with Crippen molar-refractivity contribution in [3.05, 3.63) is 0 Å². The Labute approximate surface area is 213 Å². The van der Waals surface area contributed by atoms with Gasteiger partial charge in [0.15, 0.2) is 14.6 Å². The fraction of sp³-hybridized carbons (Fsp3) is 0.962. The molecule has 35 heavy (non-hydrogen) atoms. The van der Waals surface area contributed by atoms with Crippen molar-refractivity contribution in [3.8, 4) is 0 Å². The van der Waals surface area contributed by atoms with Crippen LogP contribution in [0.2, 0.25) is 18.1 Å². The lowest BCUT2D eigenvalue weighted by molar-refractivity contribution is -0.248. The van der Waals surface area contributed by atoms with Gasteiger partial charge in [0.25, 0.3) is 0 Å². The lowest BCUT2D eigenvalue weighted by atomic mass is 9.69. The van der Waals surface area contributed by atoms with E-state index in [0.717, 1.165) is 19.3 Å². The predicted octanol–water partition coefficient (Wildman–Crippen LogP) is 4.37. The lowest BCUT2D eigenvalue weighted by Crippen LogP contribution is -2.58. The van der Waals surface area contributed by atoms with Gasteiger partial charge in [0, 0.05) is 17.3 Å². The largest absolute Gasteiger partial charge is 0.413 e. The molecule has 1 amide bonds. The first-order chi connectivity index (χ1) is 15.8. The number of carbonyl (C=O) groups excluding carboxylic acids is 1. The van der Waals surface area contributed by atoms with Gasteiger partial charge in [0.2, 0.25) is 15.9 Å². The molecule has 0 aromatic carbocycles. The first kappa shape index (κ1) is 27.5. The Morgan fingerprint density at radius 3 is 2.34 bits per heavy atom. The fourth-order valence-corrected chi connectivity index (χ4v) is 11.5. The summed E-state index contributed by atoms with van der Waals surface area (Å²) >= 11 is 0. The minimum absolute atomic E-state index is 0.000826. The van der Waals surface area contributed by atoms with Crippen LogP contribution >= 0.6 is 0 Å². The third-order valence-corrected chi connectivity index (χ3v) is 17.4. The third kappa shape index (κ3) is 3.89. The molecule has 9 heteroatoms. The van der Waals surface area contributed by atoms with Crippen LogP contribution in [0.4, 0.5) is 0 Å². The normalized spacial score (nSPS) is 43.3. The molecular formula is C26H47NO6SSi. The van der Waals surface area contributed by atoms with Crippen LogP contribution in [-0.2, 0) is 24.0 Å². The number of rotatable bonds is 4. The second-order valence-electron chi connectivity index (χ2n) is 14.1. The molecular weight excluding hydrogens is 482 g/mol. The smallest absolute Gasteiger partial charge is 0.241 e. The molecule has 9 atom stereocenters. The SMILES string of the molecule is C[C@H]1[C@H]([C@H](C)C(=O)N2[C@H]3CC4CC[C@@]3(CS2(=O)=O)C4(C)C)OC(O)[C@@H](C)[C@H]1O[Si](C)(C)C(C)(C)C. The van der Waals surface area contributed by atoms with Gasteiger partial charge in [0.05, 0.1) is 29.9 Å². The summed E-state index contributed by atoms with van der Waals surface area (Å²) in [4.78, 5) is 13.9. The summed E-state index contributed by atoms with van der Waals surface area (Å²) in [6.07, 6.45) is 0.689. The van der Waals surface area contributed by atoms with Crippen molar-refractivity contribution in [1.29, 1.82) is 0 Å². The topological polar surface area (TPSA) is 93.1 Å². The quantitative estimate of drug-likeness (QED) is 0.544. The maximum Gasteiger partial charge on any atom is 0.241 e. The average molecular weight is 530 g/mol. The van der Waals surface area contributed by atoms with Crippen molar-refractivity contribution in [2.45, 2.75) is 117 Å². The first-order valence-corrected chi connectivity index (χ1v) is 17.9. The van der Waals surface area contributed by atoms with Crippen molar-refractivity contribution in [1.82, 2.24) is 4.31 Å². The van der Waals surface area contributed by atoms with Gasteiger partial charge in [-0.1, -0.05) is 55.4 Å². The maximum atomic E-state index is 13.9. The Bertz CT molecular complexity index is 975. The van der Waals surface area contributed by atoms with Crippen LogP contribution in [0.5, 0.6) is 0 Å². The van der Waals surface area contributed by atoms with E-state index in [1.807, 2.05) is 13.8 Å². The number of aliphatic hydroxyl groups is 1. The van der Waals surface area contributed by atoms with Crippen molar-refractivity contribution >= 4 is 24.2 Å². The van der Waals surface area contributed by atoms with E-state index in [0.29, 0.717) is 5.92 Å². The highest BCUT2D eigenvalue weighted by atomic mass is 32.2. The van der Waals surface area contributed by atoms with Crippen molar-refractivity contribution in [2.75, 3.05) is 5.75 Å². The highest BCUT2D eigenvalue weighted by molar-refractivity contribution is 7.90. The summed E-state index contributed by atoms with van der Waals surface area (Å²) in [6, 6.07) is -0.266. The van der Waals surface area contributed by atoms with Gasteiger partial charge in [-0.3, -0.25) is 4.79 Å². The molecule has 1 spiro atoms. The summed E-state index contributed by atoms with van der Waals surface area (Å²) in [5.41, 5.74) is -0.446. The molecule has 0 aromatic rings. The number of hydrogen-bond acceptors (Lipinski definition) is 6. The Balaban J connectivity index is 1.60. The van der Waals surface area contributed by atoms with Crippen LogP contribution in [-0.4, -0.2) is 62.3 Å². The summed E-state index contributed by atoms with van der Waals surface area (Å²) < 4.78 is 40.9. The third-order valence-electron chi connectivity index (χ3n) is 11.0. The molecule has 0 radical (unpaired) electrons. The molecule has 2 saturated carbocycles. The average Bonchev–Trinajstić information content (AvgIpc) is 3.19. The molecule has 202 valence electrons. The van der Waals surface area contributed by atoms with E-state index in [-0.39, 0.29) is 51.5 Å². The molecule has 2 bridgehead atoms. The second-order valence-corrected chi connectivity index (χ2v) is 20.7. The highest BCUT2D eigenvalue weighted by Crippen LogP contribution is 2.70. The molecule has 0 aromatic heterocycles. The maximum absolute atomic E-state index is 13.9. The van der Waals surface area contributed by atoms with E-state index in [4.69, 9.17) is 9.16 Å². The lowest BCUT2D eigenvalue weighted by Gasteiger charge is -2.49. The zero-order valence-corrected chi connectivity index (χ0v) is 25.1. The number of amides is 1. The number of ether oxygens (including phenoxy) is 1. The molecule has 2 unspecified atom stereocenters. The number of fused-ring (bicyclic) bond motifs is 1. The Morgan fingerprint density at radius 2 is 1.80 bits per heavy atom. The van der Waals surface area contributed by atoms with E-state index in [1.54, 1.807) is 6.92 Å². The van der Waals surface area contributed by atoms with Crippen LogP contribution in [0.15, 0.2) is 0 Å². The number of sulfonamides is 1. The van der Waals surface area contributed by atoms with E-state index < -0.39 is 36.7 Å². The second kappa shape index (κ2) is 8.26. The number of hydrogen-bond donors (Lipinski definition) is 1. The van der Waals surface area contributed by atoms with Gasteiger partial charge < -0.3 is 14.3 Å². The summed E-state index contributed by atoms with van der Waals surface area (Å²) in [6.45, 7) is 21.0. The predicted molar refractivity (Wildman–Crippen MR) is 138 cm³/mol. The van der Waals surface area contributed by atoms with Crippen molar-refractivity contribution < 1.29 is 27.5 Å². The monoisotopic (exact) mass is 529 g/mol. The van der Waals surface area contributed by atoms with Gasteiger partial charge in [-0.25, -0.2) is 12.7 Å². The van der Waals surface area contributed by atoms with E-state index in [1.165, 1.54) is 4.31 Å². The van der Waals surface area contributed by atoms with Gasteiger partial charge in [-0.05, 0) is 48.7 Å². The standard InChI is InChI=1S/C26H47NO6SSi/c1-15-20(32-23(29)17(3)21(15)33-35(9,10)24(4,5)6)16(2)22(28)27-19-13-18-11-12-26(19,25(18,7)8)14-34(27,30)31/h15-21,23,29H,11-14H2,1-10H3/t15-,16-,17-,18?,19-,20+,21-,23?,26-/m0/s1.